The van der Waals surface area contributed by atoms with Crippen LogP contribution in [0.5, 0.6) is 0 Å². The van der Waals surface area contributed by atoms with Crippen molar-refractivity contribution in [2.24, 2.45) is 5.41 Å². The second-order valence-corrected chi connectivity index (χ2v) is 3.15. The van der Waals surface area contributed by atoms with Crippen molar-refractivity contribution in [2.75, 3.05) is 6.61 Å². The zero-order chi connectivity index (χ0) is 8.91. The minimum atomic E-state index is 0.616. The summed E-state index contributed by atoms with van der Waals surface area (Å²) in [6.07, 6.45) is 3.31. The number of ether oxygens (including phenoxy) is 1. The van der Waals surface area contributed by atoms with Crippen molar-refractivity contribution in [3.8, 4) is 0 Å². The lowest BCUT2D eigenvalue weighted by atomic mass is 9.72. The Hall–Kier alpha value is -0.0400. The topological polar surface area (TPSA) is 9.23 Å². The summed E-state index contributed by atoms with van der Waals surface area (Å²) >= 11 is 0. The highest BCUT2D eigenvalue weighted by Gasteiger charge is 2.47. The molecule has 0 aromatic heterocycles. The molecule has 0 N–H and O–H groups in total. The molecule has 0 aromatic carbocycles. The van der Waals surface area contributed by atoms with Crippen molar-refractivity contribution in [2.45, 2.75) is 53.6 Å². The van der Waals surface area contributed by atoms with E-state index in [1.54, 1.807) is 0 Å². The van der Waals surface area contributed by atoms with Crippen molar-refractivity contribution in [1.82, 2.24) is 0 Å². The minimum absolute atomic E-state index is 0.616. The summed E-state index contributed by atoms with van der Waals surface area (Å²) in [5.41, 5.74) is 0.616. The molecule has 0 spiro atoms. The van der Waals surface area contributed by atoms with E-state index in [2.05, 4.69) is 6.92 Å². The highest BCUT2D eigenvalue weighted by atomic mass is 16.5. The smallest absolute Gasteiger partial charge is 0.0587 e. The van der Waals surface area contributed by atoms with Crippen LogP contribution in [0.3, 0.4) is 0 Å². The van der Waals surface area contributed by atoms with Gasteiger partial charge in [0.05, 0.1) is 12.7 Å². The van der Waals surface area contributed by atoms with Crippen LogP contribution in [0, 0.1) is 5.41 Å². The highest BCUT2D eigenvalue weighted by molar-refractivity contribution is 4.96. The Kier molecular flexibility index (Phi) is 4.74. The van der Waals surface area contributed by atoms with Gasteiger partial charge in [-0.25, -0.2) is 0 Å². The molecule has 2 bridgehead atoms. The van der Waals surface area contributed by atoms with E-state index >= 15 is 0 Å². The van der Waals surface area contributed by atoms with Gasteiger partial charge in [-0.15, -0.1) is 0 Å². The maximum atomic E-state index is 5.33. The summed E-state index contributed by atoms with van der Waals surface area (Å²) in [7, 11) is 0. The Morgan fingerprint density at radius 3 is 1.64 bits per heavy atom. The van der Waals surface area contributed by atoms with E-state index in [4.69, 9.17) is 4.74 Å². The number of hydrogen-bond acceptors (Lipinski definition) is 1. The van der Waals surface area contributed by atoms with Gasteiger partial charge in [0.2, 0.25) is 0 Å². The minimum Gasteiger partial charge on any atom is -0.378 e. The molecule has 0 amide bonds. The molecular formula is C10H22O. The van der Waals surface area contributed by atoms with Gasteiger partial charge in [-0.05, 0) is 18.3 Å². The molecule has 1 aliphatic carbocycles. The fourth-order valence-electron chi connectivity index (χ4n) is 1.59. The first kappa shape index (κ1) is 11.0. The maximum Gasteiger partial charge on any atom is 0.0587 e. The molecule has 1 heteroatoms. The molecule has 0 atom stereocenters. The molecule has 68 valence electrons. The van der Waals surface area contributed by atoms with Crippen LogP contribution in [-0.4, -0.2) is 12.7 Å². The Morgan fingerprint density at radius 1 is 1.09 bits per heavy atom. The third-order valence-corrected chi connectivity index (χ3v) is 2.11. The lowest BCUT2D eigenvalue weighted by Crippen LogP contribution is -2.28. The lowest BCUT2D eigenvalue weighted by molar-refractivity contribution is 0.116. The standard InChI is InChI=1S/C6H10O.2C2H6/c1-6-2-5(3-6)7-4-6;2*1-2/h5H,2-4H2,1H3;2*1-2H3. The second kappa shape index (κ2) is 4.76. The Bertz CT molecular complexity index is 87.5. The molecule has 3 fully saturated rings. The number of rotatable bonds is 0. The van der Waals surface area contributed by atoms with Crippen LogP contribution < -0.4 is 0 Å². The van der Waals surface area contributed by atoms with Crippen LogP contribution in [0.4, 0.5) is 0 Å². The first-order chi connectivity index (χ1) is 5.29. The zero-order valence-corrected chi connectivity index (χ0v) is 8.61. The first-order valence-electron chi connectivity index (χ1n) is 4.90. The molecular weight excluding hydrogens is 136 g/mol. The molecule has 0 aromatic rings. The van der Waals surface area contributed by atoms with Gasteiger partial charge in [0, 0.05) is 0 Å². The van der Waals surface area contributed by atoms with Crippen LogP contribution in [-0.2, 0) is 4.74 Å². The quantitative estimate of drug-likeness (QED) is 0.526. The van der Waals surface area contributed by atoms with Crippen molar-refractivity contribution in [3.05, 3.63) is 0 Å². The van der Waals surface area contributed by atoms with E-state index < -0.39 is 0 Å². The predicted molar refractivity (Wildman–Crippen MR) is 49.8 cm³/mol. The fraction of sp³-hybridized carbons (Fsp3) is 1.00. The van der Waals surface area contributed by atoms with E-state index in [0.717, 1.165) is 6.61 Å². The molecule has 3 aliphatic rings. The molecule has 2 aliphatic heterocycles. The van der Waals surface area contributed by atoms with Gasteiger partial charge in [0.25, 0.3) is 0 Å². The number of fused-ring (bicyclic) bond motifs is 1. The summed E-state index contributed by atoms with van der Waals surface area (Å²) in [6, 6.07) is 0. The summed E-state index contributed by atoms with van der Waals surface area (Å²) in [6.45, 7) is 11.3. The van der Waals surface area contributed by atoms with E-state index in [1.165, 1.54) is 12.8 Å². The lowest BCUT2D eigenvalue weighted by Gasteiger charge is -2.30. The maximum absolute atomic E-state index is 5.33. The molecule has 3 rings (SSSR count). The average Bonchev–Trinajstić information content (AvgIpc) is 2.54. The third-order valence-electron chi connectivity index (χ3n) is 2.11. The first-order valence-corrected chi connectivity index (χ1v) is 4.90. The van der Waals surface area contributed by atoms with Crippen LogP contribution in [0.2, 0.25) is 0 Å². The SMILES string of the molecule is CC.CC.CC12COC(C1)C2. The normalized spacial score (nSPS) is 37.4. The molecule has 1 saturated carbocycles. The molecule has 0 unspecified atom stereocenters. The predicted octanol–water partition coefficient (Wildman–Crippen LogP) is 3.24. The molecule has 2 saturated heterocycles. The summed E-state index contributed by atoms with van der Waals surface area (Å²) in [5, 5.41) is 0. The van der Waals surface area contributed by atoms with Crippen molar-refractivity contribution >= 4 is 0 Å². The summed E-state index contributed by atoms with van der Waals surface area (Å²) in [5.74, 6) is 0. The molecule has 2 heterocycles. The molecule has 1 nitrogen and oxygen atoms in total. The van der Waals surface area contributed by atoms with Crippen molar-refractivity contribution in [3.63, 3.8) is 0 Å². The van der Waals surface area contributed by atoms with Gasteiger partial charge in [-0.1, -0.05) is 34.6 Å². The van der Waals surface area contributed by atoms with Gasteiger partial charge in [0.1, 0.15) is 0 Å². The van der Waals surface area contributed by atoms with Crippen LogP contribution >= 0.6 is 0 Å². The second-order valence-electron chi connectivity index (χ2n) is 3.15. The van der Waals surface area contributed by atoms with Gasteiger partial charge in [0.15, 0.2) is 0 Å². The molecule has 0 radical (unpaired) electrons. The zero-order valence-electron chi connectivity index (χ0n) is 8.61. The van der Waals surface area contributed by atoms with Gasteiger partial charge < -0.3 is 4.74 Å². The monoisotopic (exact) mass is 158 g/mol. The Morgan fingerprint density at radius 2 is 1.55 bits per heavy atom. The van der Waals surface area contributed by atoms with Crippen molar-refractivity contribution < 1.29 is 4.74 Å². The van der Waals surface area contributed by atoms with Gasteiger partial charge >= 0.3 is 0 Å². The Labute approximate surface area is 71.1 Å². The third kappa shape index (κ3) is 2.48. The van der Waals surface area contributed by atoms with Crippen molar-refractivity contribution in [1.29, 1.82) is 0 Å². The van der Waals surface area contributed by atoms with Gasteiger partial charge in [-0.2, -0.15) is 0 Å². The van der Waals surface area contributed by atoms with E-state index in [0.29, 0.717) is 11.5 Å². The van der Waals surface area contributed by atoms with Crippen LogP contribution in [0.15, 0.2) is 0 Å². The van der Waals surface area contributed by atoms with E-state index in [-0.39, 0.29) is 0 Å². The summed E-state index contributed by atoms with van der Waals surface area (Å²) in [4.78, 5) is 0. The Balaban J connectivity index is 0.000000222. The van der Waals surface area contributed by atoms with Gasteiger partial charge in [-0.3, -0.25) is 0 Å². The van der Waals surface area contributed by atoms with E-state index in [9.17, 15) is 0 Å². The fourth-order valence-corrected chi connectivity index (χ4v) is 1.59. The largest absolute Gasteiger partial charge is 0.378 e. The van der Waals surface area contributed by atoms with E-state index in [1.807, 2.05) is 27.7 Å². The average molecular weight is 158 g/mol. The highest BCUT2D eigenvalue weighted by Crippen LogP contribution is 2.49. The number of hydrogen-bond donors (Lipinski definition) is 0. The summed E-state index contributed by atoms with van der Waals surface area (Å²) < 4.78 is 5.33. The van der Waals surface area contributed by atoms with Crippen LogP contribution in [0.1, 0.15) is 47.5 Å². The van der Waals surface area contributed by atoms with Crippen LogP contribution in [0.25, 0.3) is 0 Å². The molecule has 11 heavy (non-hydrogen) atoms.